The van der Waals surface area contributed by atoms with Gasteiger partial charge in [-0.2, -0.15) is 0 Å². The lowest BCUT2D eigenvalue weighted by molar-refractivity contribution is -0.153. The number of rotatable bonds is 2. The zero-order chi connectivity index (χ0) is 11.0. The molecule has 83 valence electrons. The monoisotopic (exact) mass is 211 g/mol. The minimum Gasteiger partial charge on any atom is -0.462 e. The van der Waals surface area contributed by atoms with Crippen LogP contribution in [0.1, 0.15) is 26.7 Å². The van der Waals surface area contributed by atoms with Gasteiger partial charge in [0.25, 0.3) is 0 Å². The molecule has 4 atom stereocenters. The fraction of sp³-hybridized carbons (Fsp3) is 0.727. The summed E-state index contributed by atoms with van der Waals surface area (Å²) >= 11 is 0. The summed E-state index contributed by atoms with van der Waals surface area (Å²) in [6, 6.07) is 0. The fourth-order valence-corrected chi connectivity index (χ4v) is 2.62. The third-order valence-electron chi connectivity index (χ3n) is 3.11. The van der Waals surface area contributed by atoms with Crippen LogP contribution in [0.4, 0.5) is 0 Å². The molecule has 2 aliphatic rings. The molecule has 0 saturated heterocycles. The molecule has 0 N–H and O–H groups in total. The Hall–Kier alpha value is -1.06. The van der Waals surface area contributed by atoms with E-state index in [0.717, 1.165) is 12.8 Å². The minimum absolute atomic E-state index is 0.000641. The third kappa shape index (κ3) is 2.13. The molecule has 2 fully saturated rings. The largest absolute Gasteiger partial charge is 0.462 e. The lowest BCUT2D eigenvalue weighted by atomic mass is 9.95. The van der Waals surface area contributed by atoms with Gasteiger partial charge in [-0.05, 0) is 12.8 Å². The quantitative estimate of drug-likeness (QED) is 0.642. The van der Waals surface area contributed by atoms with Crippen LogP contribution in [0.3, 0.4) is 0 Å². The van der Waals surface area contributed by atoms with Gasteiger partial charge in [0.05, 0.1) is 0 Å². The highest BCUT2D eigenvalue weighted by atomic mass is 16.6. The molecule has 4 heteroatoms. The number of esters is 2. The molecule has 4 nitrogen and oxygen atoms in total. The molecule has 0 spiro atoms. The van der Waals surface area contributed by atoms with E-state index in [4.69, 9.17) is 9.47 Å². The maximum absolute atomic E-state index is 10.8. The van der Waals surface area contributed by atoms with Crippen LogP contribution in [0.25, 0.3) is 0 Å². The van der Waals surface area contributed by atoms with E-state index in [2.05, 4.69) is 0 Å². The molecule has 0 aromatic heterocycles. The predicted octanol–water partition coefficient (Wildman–Crippen LogP) is 1.09. The number of carbonyl (C=O) groups excluding carboxylic acids is 2. The minimum atomic E-state index is -0.243. The average Bonchev–Trinajstić information content (AvgIpc) is 2.60. The van der Waals surface area contributed by atoms with E-state index in [1.165, 1.54) is 13.8 Å². The normalized spacial score (nSPS) is 37.7. The molecule has 0 aromatic carbocycles. The van der Waals surface area contributed by atoms with E-state index in [9.17, 15) is 9.59 Å². The zero-order valence-corrected chi connectivity index (χ0v) is 8.93. The van der Waals surface area contributed by atoms with Crippen molar-refractivity contribution in [1.29, 1.82) is 0 Å². The molecule has 0 unspecified atom stereocenters. The van der Waals surface area contributed by atoms with E-state index in [0.29, 0.717) is 5.92 Å². The standard InChI is InChI=1S/C11H15O4/c1-6(12)14-10-4-9-3-8(10)5-11(9)15-7(2)13/h4,8-11H,3,5H2,1-2H3/t8-,9-,10+,11+/m0/s1. The first-order chi connectivity index (χ1) is 7.06. The Morgan fingerprint density at radius 3 is 2.27 bits per heavy atom. The van der Waals surface area contributed by atoms with Gasteiger partial charge in [-0.25, -0.2) is 0 Å². The highest BCUT2D eigenvalue weighted by Crippen LogP contribution is 2.46. The average molecular weight is 211 g/mol. The van der Waals surface area contributed by atoms with Crippen molar-refractivity contribution in [2.24, 2.45) is 11.8 Å². The van der Waals surface area contributed by atoms with Crippen LogP contribution in [0.15, 0.2) is 0 Å². The third-order valence-corrected chi connectivity index (χ3v) is 3.11. The second-order valence-corrected chi connectivity index (χ2v) is 4.31. The van der Waals surface area contributed by atoms with E-state index in [-0.39, 0.29) is 30.1 Å². The summed E-state index contributed by atoms with van der Waals surface area (Å²) in [5.41, 5.74) is 0. The Bertz CT molecular complexity index is 258. The number of hydrogen-bond acceptors (Lipinski definition) is 4. The van der Waals surface area contributed by atoms with Crippen molar-refractivity contribution in [2.75, 3.05) is 0 Å². The van der Waals surface area contributed by atoms with Crippen molar-refractivity contribution in [2.45, 2.75) is 38.9 Å². The molecule has 2 saturated carbocycles. The highest BCUT2D eigenvalue weighted by Gasteiger charge is 2.49. The maximum atomic E-state index is 10.8. The van der Waals surface area contributed by atoms with Crippen molar-refractivity contribution < 1.29 is 19.1 Å². The fourth-order valence-electron chi connectivity index (χ4n) is 2.62. The first-order valence-electron chi connectivity index (χ1n) is 5.25. The number of hydrogen-bond donors (Lipinski definition) is 0. The summed E-state index contributed by atoms with van der Waals surface area (Å²) in [6.45, 7) is 2.85. The van der Waals surface area contributed by atoms with E-state index >= 15 is 0 Å². The van der Waals surface area contributed by atoms with Gasteiger partial charge in [0.15, 0.2) is 0 Å². The topological polar surface area (TPSA) is 52.6 Å². The summed E-state index contributed by atoms with van der Waals surface area (Å²) in [4.78, 5) is 21.6. The number of ether oxygens (including phenoxy) is 2. The van der Waals surface area contributed by atoms with Gasteiger partial charge in [-0.3, -0.25) is 9.59 Å². The molecule has 0 heterocycles. The zero-order valence-electron chi connectivity index (χ0n) is 8.93. The molecule has 2 rings (SSSR count). The van der Waals surface area contributed by atoms with E-state index < -0.39 is 0 Å². The summed E-state index contributed by atoms with van der Waals surface area (Å²) in [7, 11) is 0. The van der Waals surface area contributed by atoms with Crippen molar-refractivity contribution in [3.05, 3.63) is 6.42 Å². The van der Waals surface area contributed by atoms with E-state index in [1.54, 1.807) is 0 Å². The highest BCUT2D eigenvalue weighted by molar-refractivity contribution is 5.67. The Morgan fingerprint density at radius 2 is 1.80 bits per heavy atom. The Morgan fingerprint density at radius 1 is 1.13 bits per heavy atom. The second-order valence-electron chi connectivity index (χ2n) is 4.31. The van der Waals surface area contributed by atoms with Crippen LogP contribution < -0.4 is 0 Å². The lowest BCUT2D eigenvalue weighted by Crippen LogP contribution is -2.31. The molecule has 1 radical (unpaired) electrons. The van der Waals surface area contributed by atoms with Crippen LogP contribution in [0, 0.1) is 18.3 Å². The summed E-state index contributed by atoms with van der Waals surface area (Å²) < 4.78 is 10.4. The maximum Gasteiger partial charge on any atom is 0.302 e. The summed E-state index contributed by atoms with van der Waals surface area (Å²) in [5, 5.41) is 0. The van der Waals surface area contributed by atoms with E-state index in [1.807, 2.05) is 6.42 Å². The second kappa shape index (κ2) is 3.83. The molecular formula is C11H15O4. The van der Waals surface area contributed by atoms with Gasteiger partial charge in [0.1, 0.15) is 12.2 Å². The van der Waals surface area contributed by atoms with Gasteiger partial charge in [0, 0.05) is 32.1 Å². The molecule has 0 aliphatic heterocycles. The van der Waals surface area contributed by atoms with Crippen LogP contribution in [0.5, 0.6) is 0 Å². The van der Waals surface area contributed by atoms with Crippen molar-refractivity contribution in [1.82, 2.24) is 0 Å². The summed E-state index contributed by atoms with van der Waals surface area (Å²) in [6.07, 6.45) is 3.72. The molecule has 2 bridgehead atoms. The summed E-state index contributed by atoms with van der Waals surface area (Å²) in [5.74, 6) is 0.129. The SMILES string of the molecule is CC(=O)O[C@@H]1[CH][C@@H]2C[C@H]1C[C@H]2OC(C)=O. The molecule has 2 aliphatic carbocycles. The van der Waals surface area contributed by atoms with Crippen LogP contribution >= 0.6 is 0 Å². The number of carbonyl (C=O) groups is 2. The van der Waals surface area contributed by atoms with Gasteiger partial charge < -0.3 is 9.47 Å². The predicted molar refractivity (Wildman–Crippen MR) is 51.6 cm³/mol. The lowest BCUT2D eigenvalue weighted by Gasteiger charge is -2.26. The van der Waals surface area contributed by atoms with Crippen LogP contribution in [-0.4, -0.2) is 24.1 Å². The van der Waals surface area contributed by atoms with Crippen molar-refractivity contribution in [3.63, 3.8) is 0 Å². The van der Waals surface area contributed by atoms with Gasteiger partial charge in [0.2, 0.25) is 0 Å². The smallest absolute Gasteiger partial charge is 0.302 e. The van der Waals surface area contributed by atoms with Crippen molar-refractivity contribution in [3.8, 4) is 0 Å². The van der Waals surface area contributed by atoms with Crippen LogP contribution in [-0.2, 0) is 19.1 Å². The molecule has 0 aromatic rings. The Labute approximate surface area is 88.9 Å². The first kappa shape index (κ1) is 10.5. The van der Waals surface area contributed by atoms with Crippen LogP contribution in [0.2, 0.25) is 0 Å². The molecule has 0 amide bonds. The Balaban J connectivity index is 1.88. The molecular weight excluding hydrogens is 196 g/mol. The van der Waals surface area contributed by atoms with Gasteiger partial charge in [-0.15, -0.1) is 0 Å². The Kier molecular flexibility index (Phi) is 2.67. The van der Waals surface area contributed by atoms with Gasteiger partial charge in [-0.1, -0.05) is 0 Å². The van der Waals surface area contributed by atoms with Gasteiger partial charge >= 0.3 is 11.9 Å². The number of fused-ring (bicyclic) bond motifs is 2. The first-order valence-corrected chi connectivity index (χ1v) is 5.25. The van der Waals surface area contributed by atoms with Crippen molar-refractivity contribution >= 4 is 11.9 Å². The molecule has 15 heavy (non-hydrogen) atoms.